The zero-order valence-electron chi connectivity index (χ0n) is 16.6. The summed E-state index contributed by atoms with van der Waals surface area (Å²) < 4.78 is 33.3. The van der Waals surface area contributed by atoms with Gasteiger partial charge in [-0.05, 0) is 30.5 Å². The summed E-state index contributed by atoms with van der Waals surface area (Å²) in [5.41, 5.74) is 0.430. The molecule has 168 valence electrons. The Labute approximate surface area is 177 Å². The minimum absolute atomic E-state index is 0.00137. The van der Waals surface area contributed by atoms with Crippen LogP contribution in [0, 0.1) is 16.0 Å². The third-order valence-corrected chi connectivity index (χ3v) is 5.67. The Morgan fingerprint density at radius 3 is 2.52 bits per heavy atom. The van der Waals surface area contributed by atoms with Crippen molar-refractivity contribution in [3.8, 4) is 0 Å². The highest BCUT2D eigenvalue weighted by Crippen LogP contribution is 2.30. The summed E-state index contributed by atoms with van der Waals surface area (Å²) >= 11 is 0. The van der Waals surface area contributed by atoms with Crippen LogP contribution < -0.4 is 5.32 Å². The first-order chi connectivity index (χ1) is 14.5. The first kappa shape index (κ1) is 22.6. The van der Waals surface area contributed by atoms with E-state index < -0.39 is 51.0 Å². The van der Waals surface area contributed by atoms with Gasteiger partial charge in [0.25, 0.3) is 15.8 Å². The van der Waals surface area contributed by atoms with E-state index in [9.17, 15) is 32.9 Å². The molecule has 1 aromatic rings. The molecule has 12 nitrogen and oxygen atoms in total. The van der Waals surface area contributed by atoms with E-state index >= 15 is 0 Å². The van der Waals surface area contributed by atoms with Crippen molar-refractivity contribution >= 4 is 33.7 Å². The number of carbonyl (C=O) groups is 3. The molecule has 1 N–H and O–H groups in total. The average Bonchev–Trinajstić information content (AvgIpc) is 3.20. The number of likely N-dealkylation sites (tertiary alicyclic amines) is 1. The summed E-state index contributed by atoms with van der Waals surface area (Å²) in [6, 6.07) is 4.92. The van der Waals surface area contributed by atoms with Crippen LogP contribution in [0.1, 0.15) is 24.8 Å². The Hall–Kier alpha value is -3.06. The highest BCUT2D eigenvalue weighted by Gasteiger charge is 2.42. The van der Waals surface area contributed by atoms with Crippen molar-refractivity contribution in [2.45, 2.75) is 38.0 Å². The number of hydrogen-bond donors (Lipinski definition) is 1. The van der Waals surface area contributed by atoms with Crippen LogP contribution in [0.3, 0.4) is 0 Å². The van der Waals surface area contributed by atoms with Gasteiger partial charge in [0, 0.05) is 30.5 Å². The van der Waals surface area contributed by atoms with Gasteiger partial charge in [0.1, 0.15) is 6.61 Å². The highest BCUT2D eigenvalue weighted by molar-refractivity contribution is 7.86. The van der Waals surface area contributed by atoms with Crippen LogP contribution in [0.15, 0.2) is 24.3 Å². The molecule has 3 amide bonds. The number of nitro benzene ring substituents is 1. The number of nitro groups is 1. The Morgan fingerprint density at radius 1 is 1.29 bits per heavy atom. The molecule has 3 atom stereocenters. The molecular formula is C18H21N3O9S. The molecule has 0 saturated carbocycles. The van der Waals surface area contributed by atoms with Gasteiger partial charge in [0.05, 0.1) is 23.8 Å². The largest absolute Gasteiger partial charge is 0.445 e. The molecule has 13 heteroatoms. The summed E-state index contributed by atoms with van der Waals surface area (Å²) in [6.45, 7) is -0.209. The summed E-state index contributed by atoms with van der Waals surface area (Å²) in [5, 5.41) is 12.9. The van der Waals surface area contributed by atoms with E-state index in [1.54, 1.807) is 0 Å². The molecule has 3 rings (SSSR count). The molecule has 2 heterocycles. The maximum absolute atomic E-state index is 12.7. The van der Waals surface area contributed by atoms with E-state index in [0.717, 1.165) is 6.26 Å². The molecule has 1 aromatic carbocycles. The monoisotopic (exact) mass is 455 g/mol. The van der Waals surface area contributed by atoms with Crippen LogP contribution in [-0.4, -0.2) is 61.1 Å². The van der Waals surface area contributed by atoms with E-state index in [4.69, 9.17) is 8.92 Å². The van der Waals surface area contributed by atoms with Crippen LogP contribution >= 0.6 is 0 Å². The molecule has 2 saturated heterocycles. The predicted molar refractivity (Wildman–Crippen MR) is 104 cm³/mol. The summed E-state index contributed by atoms with van der Waals surface area (Å²) in [6.07, 6.45) is -0.315. The lowest BCUT2D eigenvalue weighted by Gasteiger charge is -2.25. The molecule has 2 aliphatic heterocycles. The quantitative estimate of drug-likeness (QED) is 0.270. The third-order valence-electron chi connectivity index (χ3n) is 5.05. The number of carbonyl (C=O) groups excluding carboxylic acids is 3. The number of benzene rings is 1. The molecule has 0 aliphatic carbocycles. The Balaban J connectivity index is 1.66. The number of imide groups is 1. The van der Waals surface area contributed by atoms with Crippen molar-refractivity contribution in [2.75, 3.05) is 12.8 Å². The Morgan fingerprint density at radius 2 is 1.97 bits per heavy atom. The fourth-order valence-electron chi connectivity index (χ4n) is 3.71. The standard InChI is InChI=1S/C18H21N3O9S/c1-31(27,28)30-15-8-14(6-12-7-16(22)19-17(12)23)20(9-15)18(24)29-10-11-2-4-13(5-3-11)21(25)26/h2-5,12,14-15H,6-10H2,1H3,(H,19,22,23)/t12?,14-,15-/m1/s1. The molecule has 0 aromatic heterocycles. The van der Waals surface area contributed by atoms with Crippen LogP contribution in [-0.2, 0) is 35.2 Å². The predicted octanol–water partition coefficient (Wildman–Crippen LogP) is 0.703. The van der Waals surface area contributed by atoms with Crippen molar-refractivity contribution < 1.29 is 36.6 Å². The van der Waals surface area contributed by atoms with Gasteiger partial charge in [-0.3, -0.25) is 29.2 Å². The minimum atomic E-state index is -3.76. The van der Waals surface area contributed by atoms with Gasteiger partial charge >= 0.3 is 6.09 Å². The Bertz CT molecular complexity index is 993. The lowest BCUT2D eigenvalue weighted by molar-refractivity contribution is -0.384. The van der Waals surface area contributed by atoms with E-state index in [-0.39, 0.29) is 38.1 Å². The van der Waals surface area contributed by atoms with E-state index in [2.05, 4.69) is 5.32 Å². The maximum atomic E-state index is 12.7. The van der Waals surface area contributed by atoms with Gasteiger partial charge in [0.15, 0.2) is 0 Å². The summed E-state index contributed by atoms with van der Waals surface area (Å²) in [5.74, 6) is -1.46. The van der Waals surface area contributed by atoms with E-state index in [1.165, 1.54) is 29.2 Å². The maximum Gasteiger partial charge on any atom is 0.410 e. The average molecular weight is 455 g/mol. The number of rotatable bonds is 7. The van der Waals surface area contributed by atoms with Crippen LogP contribution in [0.4, 0.5) is 10.5 Å². The first-order valence-corrected chi connectivity index (χ1v) is 11.2. The van der Waals surface area contributed by atoms with Gasteiger partial charge in [-0.2, -0.15) is 8.42 Å². The van der Waals surface area contributed by atoms with Crippen molar-refractivity contribution in [2.24, 2.45) is 5.92 Å². The molecule has 0 spiro atoms. The van der Waals surface area contributed by atoms with Crippen LogP contribution in [0.25, 0.3) is 0 Å². The van der Waals surface area contributed by atoms with E-state index in [0.29, 0.717) is 5.56 Å². The smallest absolute Gasteiger partial charge is 0.410 e. The summed E-state index contributed by atoms with van der Waals surface area (Å²) in [4.78, 5) is 47.5. The van der Waals surface area contributed by atoms with Crippen molar-refractivity contribution in [3.05, 3.63) is 39.9 Å². The minimum Gasteiger partial charge on any atom is -0.445 e. The van der Waals surface area contributed by atoms with Crippen LogP contribution in [0.2, 0.25) is 0 Å². The second-order valence-electron chi connectivity index (χ2n) is 7.49. The molecule has 0 bridgehead atoms. The number of nitrogens with zero attached hydrogens (tertiary/aromatic N) is 2. The zero-order chi connectivity index (χ0) is 22.8. The second kappa shape index (κ2) is 8.98. The van der Waals surface area contributed by atoms with Gasteiger partial charge in [-0.15, -0.1) is 0 Å². The zero-order valence-corrected chi connectivity index (χ0v) is 17.4. The molecular weight excluding hydrogens is 434 g/mol. The normalized spacial score (nSPS) is 23.6. The van der Waals surface area contributed by atoms with Crippen molar-refractivity contribution in [1.29, 1.82) is 0 Å². The topological polar surface area (TPSA) is 162 Å². The number of hydrogen-bond acceptors (Lipinski definition) is 9. The number of non-ortho nitro benzene ring substituents is 1. The summed E-state index contributed by atoms with van der Waals surface area (Å²) in [7, 11) is -3.76. The lowest BCUT2D eigenvalue weighted by atomic mass is 9.96. The lowest BCUT2D eigenvalue weighted by Crippen LogP contribution is -2.38. The fourth-order valence-corrected chi connectivity index (χ4v) is 4.34. The Kier molecular flexibility index (Phi) is 6.55. The van der Waals surface area contributed by atoms with Gasteiger partial charge < -0.3 is 9.64 Å². The molecule has 0 radical (unpaired) electrons. The number of nitrogens with one attached hydrogen (secondary N) is 1. The molecule has 2 aliphatic rings. The van der Waals surface area contributed by atoms with Gasteiger partial charge in [-0.1, -0.05) is 0 Å². The highest BCUT2D eigenvalue weighted by atomic mass is 32.2. The molecule has 2 fully saturated rings. The first-order valence-electron chi connectivity index (χ1n) is 9.40. The fraction of sp³-hybridized carbons (Fsp3) is 0.500. The SMILES string of the molecule is CS(=O)(=O)O[C@@H]1C[C@@H](CC2CC(=O)NC2=O)N(C(=O)OCc2ccc([N+](=O)[O-])cc2)C1. The van der Waals surface area contributed by atoms with Gasteiger partial charge in [-0.25, -0.2) is 4.79 Å². The van der Waals surface area contributed by atoms with Gasteiger partial charge in [0.2, 0.25) is 11.8 Å². The van der Waals surface area contributed by atoms with Crippen molar-refractivity contribution in [1.82, 2.24) is 10.2 Å². The molecule has 31 heavy (non-hydrogen) atoms. The third kappa shape index (κ3) is 5.98. The second-order valence-corrected chi connectivity index (χ2v) is 9.09. The van der Waals surface area contributed by atoms with Crippen LogP contribution in [0.5, 0.6) is 0 Å². The number of ether oxygens (including phenoxy) is 1. The molecule has 1 unspecified atom stereocenters. The van der Waals surface area contributed by atoms with E-state index in [1.807, 2.05) is 0 Å². The number of amides is 3. The van der Waals surface area contributed by atoms with Crippen molar-refractivity contribution in [3.63, 3.8) is 0 Å².